The van der Waals surface area contributed by atoms with Crippen LogP contribution in [0.1, 0.15) is 6.92 Å². The molecule has 4 nitrogen and oxygen atoms in total. The number of carboxylic acids is 1. The van der Waals surface area contributed by atoms with Crippen LogP contribution in [-0.4, -0.2) is 30.3 Å². The van der Waals surface area contributed by atoms with Crippen LogP contribution < -0.4 is 0 Å². The molecule has 72 valence electrons. The minimum atomic E-state index is -5.58. The number of aliphatic carboxylic acids is 1. The predicted molar refractivity (Wildman–Crippen MR) is 32.1 cm³/mol. The second-order valence-corrected chi connectivity index (χ2v) is 4.23. The Morgan fingerprint density at radius 3 is 1.83 bits per heavy atom. The molecule has 0 aliphatic heterocycles. The van der Waals surface area contributed by atoms with Gasteiger partial charge in [0.2, 0.25) is 0 Å². The van der Waals surface area contributed by atoms with Crippen molar-refractivity contribution in [1.29, 1.82) is 0 Å². The van der Waals surface area contributed by atoms with Crippen molar-refractivity contribution in [3.63, 3.8) is 0 Å². The summed E-state index contributed by atoms with van der Waals surface area (Å²) in [5.41, 5.74) is -5.51. The van der Waals surface area contributed by atoms with Crippen LogP contribution in [0.15, 0.2) is 0 Å². The molecule has 0 fully saturated rings. The van der Waals surface area contributed by atoms with Gasteiger partial charge in [-0.25, -0.2) is 8.42 Å². The summed E-state index contributed by atoms with van der Waals surface area (Å²) in [7, 11) is -5.58. The van der Waals surface area contributed by atoms with Crippen molar-refractivity contribution in [1.82, 2.24) is 0 Å². The molecule has 0 spiro atoms. The van der Waals surface area contributed by atoms with E-state index in [0.29, 0.717) is 6.92 Å². The van der Waals surface area contributed by atoms with Gasteiger partial charge in [-0.1, -0.05) is 0 Å². The van der Waals surface area contributed by atoms with Gasteiger partial charge in [-0.2, -0.15) is 13.2 Å². The molecule has 0 aromatic rings. The van der Waals surface area contributed by atoms with Crippen molar-refractivity contribution in [2.24, 2.45) is 0 Å². The Morgan fingerprint density at radius 1 is 1.42 bits per heavy atom. The molecule has 0 aromatic heterocycles. The summed E-state index contributed by atoms with van der Waals surface area (Å²) in [5, 5.41) is 5.54. The van der Waals surface area contributed by atoms with Crippen LogP contribution in [0.2, 0.25) is 0 Å². The Kier molecular flexibility index (Phi) is 2.73. The quantitative estimate of drug-likeness (QED) is 0.709. The summed E-state index contributed by atoms with van der Waals surface area (Å²) in [6.45, 7) is 0.463. The summed E-state index contributed by atoms with van der Waals surface area (Å²) in [4.78, 5) is 9.91. The number of hydrogen-bond donors (Lipinski definition) is 1. The fourth-order valence-corrected chi connectivity index (χ4v) is 1.000. The molecule has 0 saturated carbocycles. The van der Waals surface area contributed by atoms with Gasteiger partial charge in [-0.3, -0.25) is 4.79 Å². The minimum Gasteiger partial charge on any atom is -0.480 e. The van der Waals surface area contributed by atoms with Crippen LogP contribution in [-0.2, 0) is 14.6 Å². The zero-order chi connectivity index (χ0) is 10.2. The van der Waals surface area contributed by atoms with Crippen molar-refractivity contribution < 1.29 is 31.5 Å². The molecule has 12 heavy (non-hydrogen) atoms. The van der Waals surface area contributed by atoms with E-state index < -0.39 is 26.6 Å². The van der Waals surface area contributed by atoms with E-state index in [4.69, 9.17) is 5.11 Å². The highest BCUT2D eigenvalue weighted by Crippen LogP contribution is 2.27. The van der Waals surface area contributed by atoms with E-state index in [1.54, 1.807) is 0 Å². The van der Waals surface area contributed by atoms with Gasteiger partial charge in [-0.15, -0.1) is 0 Å². The first-order valence-electron chi connectivity index (χ1n) is 2.63. The van der Waals surface area contributed by atoms with Crippen LogP contribution in [0.3, 0.4) is 0 Å². The first kappa shape index (κ1) is 11.2. The van der Waals surface area contributed by atoms with E-state index in [0.717, 1.165) is 0 Å². The number of sulfone groups is 1. The maximum Gasteiger partial charge on any atom is 0.498 e. The first-order chi connectivity index (χ1) is 5.10. The number of halogens is 3. The van der Waals surface area contributed by atoms with Crippen molar-refractivity contribution >= 4 is 15.8 Å². The SMILES string of the molecule is C[C@H](C(=O)O)S(=O)(=O)C(F)(F)F. The van der Waals surface area contributed by atoms with Crippen molar-refractivity contribution in [3.8, 4) is 0 Å². The topological polar surface area (TPSA) is 71.4 Å². The molecule has 0 rings (SSSR count). The van der Waals surface area contributed by atoms with E-state index in [-0.39, 0.29) is 0 Å². The zero-order valence-electron chi connectivity index (χ0n) is 5.79. The normalized spacial score (nSPS) is 15.7. The number of hydrogen-bond acceptors (Lipinski definition) is 3. The summed E-state index contributed by atoms with van der Waals surface area (Å²) in [5.74, 6) is -2.02. The lowest BCUT2D eigenvalue weighted by Crippen LogP contribution is -2.37. The van der Waals surface area contributed by atoms with Gasteiger partial charge in [0, 0.05) is 0 Å². The molecule has 0 aliphatic rings. The van der Waals surface area contributed by atoms with E-state index in [2.05, 4.69) is 0 Å². The van der Waals surface area contributed by atoms with Crippen LogP contribution in [0, 0.1) is 0 Å². The maximum atomic E-state index is 11.6. The Bertz CT molecular complexity index is 277. The van der Waals surface area contributed by atoms with Gasteiger partial charge >= 0.3 is 11.5 Å². The highest BCUT2D eigenvalue weighted by molar-refractivity contribution is 7.93. The lowest BCUT2D eigenvalue weighted by Gasteiger charge is -2.10. The molecule has 1 atom stereocenters. The number of rotatable bonds is 2. The maximum absolute atomic E-state index is 11.6. The second kappa shape index (κ2) is 2.92. The molecule has 0 unspecified atom stereocenters. The van der Waals surface area contributed by atoms with Gasteiger partial charge in [0.15, 0.2) is 5.25 Å². The molecular weight excluding hydrogens is 201 g/mol. The smallest absolute Gasteiger partial charge is 0.480 e. The lowest BCUT2D eigenvalue weighted by atomic mass is 10.5. The van der Waals surface area contributed by atoms with Crippen LogP contribution in [0.25, 0.3) is 0 Å². The third-order valence-electron chi connectivity index (χ3n) is 1.14. The Balaban J connectivity index is 5.03. The van der Waals surface area contributed by atoms with E-state index in [1.165, 1.54) is 0 Å². The highest BCUT2D eigenvalue weighted by atomic mass is 32.2. The molecule has 0 heterocycles. The standard InChI is InChI=1S/C4H5F3O4S/c1-2(3(8)9)12(10,11)4(5,6)7/h2H,1H3,(H,8,9)/t2-/m1/s1. The van der Waals surface area contributed by atoms with Gasteiger partial charge < -0.3 is 5.11 Å². The monoisotopic (exact) mass is 206 g/mol. The molecule has 0 radical (unpaired) electrons. The summed E-state index contributed by atoms with van der Waals surface area (Å²) in [6.07, 6.45) is 0. The zero-order valence-corrected chi connectivity index (χ0v) is 6.61. The molecule has 1 N–H and O–H groups in total. The van der Waals surface area contributed by atoms with E-state index >= 15 is 0 Å². The van der Waals surface area contributed by atoms with Crippen LogP contribution in [0.4, 0.5) is 13.2 Å². The van der Waals surface area contributed by atoms with Gasteiger partial charge in [0.25, 0.3) is 9.84 Å². The second-order valence-electron chi connectivity index (χ2n) is 1.97. The summed E-state index contributed by atoms with van der Waals surface area (Å²) >= 11 is 0. The molecule has 0 amide bonds. The van der Waals surface area contributed by atoms with Crippen LogP contribution >= 0.6 is 0 Å². The number of carbonyl (C=O) groups is 1. The molecule has 0 bridgehead atoms. The van der Waals surface area contributed by atoms with Gasteiger partial charge in [-0.05, 0) is 6.92 Å². The average molecular weight is 206 g/mol. The average Bonchev–Trinajstić information content (AvgIpc) is 1.83. The largest absolute Gasteiger partial charge is 0.498 e. The fourth-order valence-electron chi connectivity index (χ4n) is 0.333. The summed E-state index contributed by atoms with van der Waals surface area (Å²) in [6, 6.07) is 0. The predicted octanol–water partition coefficient (Wildman–Crippen LogP) is 0.394. The molecular formula is C4H5F3O4S. The van der Waals surface area contributed by atoms with E-state index in [1.807, 2.05) is 0 Å². The molecule has 0 saturated heterocycles. The van der Waals surface area contributed by atoms with Gasteiger partial charge in [0.05, 0.1) is 0 Å². The third kappa shape index (κ3) is 1.87. The molecule has 8 heteroatoms. The van der Waals surface area contributed by atoms with Gasteiger partial charge in [0.1, 0.15) is 0 Å². The first-order valence-corrected chi connectivity index (χ1v) is 4.18. The summed E-state index contributed by atoms with van der Waals surface area (Å²) < 4.78 is 55.4. The van der Waals surface area contributed by atoms with Crippen molar-refractivity contribution in [2.75, 3.05) is 0 Å². The highest BCUT2D eigenvalue weighted by Gasteiger charge is 2.51. The van der Waals surface area contributed by atoms with E-state index in [9.17, 15) is 26.4 Å². The fraction of sp³-hybridized carbons (Fsp3) is 0.750. The molecule has 0 aromatic carbocycles. The lowest BCUT2D eigenvalue weighted by molar-refractivity contribution is -0.136. The number of carboxylic acid groups (broad SMARTS) is 1. The molecule has 0 aliphatic carbocycles. The Labute approximate surface area is 65.9 Å². The minimum absolute atomic E-state index is 0.463. The van der Waals surface area contributed by atoms with Crippen molar-refractivity contribution in [3.05, 3.63) is 0 Å². The third-order valence-corrected chi connectivity index (χ3v) is 2.91. The Morgan fingerprint density at radius 2 is 1.75 bits per heavy atom. The van der Waals surface area contributed by atoms with Crippen molar-refractivity contribution in [2.45, 2.75) is 17.7 Å². The Hall–Kier alpha value is -0.790. The van der Waals surface area contributed by atoms with Crippen LogP contribution in [0.5, 0.6) is 0 Å². The number of alkyl halides is 3.